The second-order valence-corrected chi connectivity index (χ2v) is 6.79. The van der Waals surface area contributed by atoms with E-state index in [0.717, 1.165) is 30.6 Å². The zero-order valence-electron chi connectivity index (χ0n) is 14.9. The molecule has 2 aromatic rings. The lowest BCUT2D eigenvalue weighted by Crippen LogP contribution is -2.40. The first kappa shape index (κ1) is 18.1. The molecule has 1 amide bonds. The molecule has 1 saturated heterocycles. The summed E-state index contributed by atoms with van der Waals surface area (Å²) in [7, 11) is 0. The van der Waals surface area contributed by atoms with E-state index in [-0.39, 0.29) is 17.9 Å². The average Bonchev–Trinajstić information content (AvgIpc) is 2.68. The Balaban J connectivity index is 1.70. The lowest BCUT2D eigenvalue weighted by molar-refractivity contribution is -0.143. The molecule has 1 fully saturated rings. The highest BCUT2D eigenvalue weighted by Crippen LogP contribution is 2.28. The highest BCUT2D eigenvalue weighted by molar-refractivity contribution is 6.04. The third-order valence-electron chi connectivity index (χ3n) is 5.01. The molecule has 26 heavy (non-hydrogen) atoms. The van der Waals surface area contributed by atoms with Crippen molar-refractivity contribution < 1.29 is 14.7 Å². The Morgan fingerprint density at radius 1 is 1.15 bits per heavy atom. The number of likely N-dealkylation sites (tertiary alicyclic amines) is 1. The molecule has 0 spiro atoms. The average molecular weight is 352 g/mol. The topological polar surface area (TPSA) is 69.6 Å². The summed E-state index contributed by atoms with van der Waals surface area (Å²) in [6.45, 7) is 3.55. The van der Waals surface area contributed by atoms with Crippen LogP contribution in [0.25, 0.3) is 0 Å². The van der Waals surface area contributed by atoms with Crippen molar-refractivity contribution >= 4 is 17.6 Å². The molecule has 2 N–H and O–H groups in total. The van der Waals surface area contributed by atoms with E-state index in [9.17, 15) is 14.7 Å². The molecule has 1 aliphatic rings. The number of anilines is 1. The van der Waals surface area contributed by atoms with E-state index in [1.54, 1.807) is 12.1 Å². The highest BCUT2D eigenvalue weighted by Gasteiger charge is 2.28. The van der Waals surface area contributed by atoms with Gasteiger partial charge in [0.1, 0.15) is 0 Å². The summed E-state index contributed by atoms with van der Waals surface area (Å²) in [5.74, 6) is -1.16. The molecule has 0 aliphatic carbocycles. The Kier molecular flexibility index (Phi) is 5.68. The maximum absolute atomic E-state index is 12.3. The van der Waals surface area contributed by atoms with Crippen molar-refractivity contribution in [3.63, 3.8) is 0 Å². The molecule has 0 aromatic heterocycles. The minimum Gasteiger partial charge on any atom is -0.481 e. The lowest BCUT2D eigenvalue weighted by atomic mass is 9.95. The molecule has 0 radical (unpaired) electrons. The van der Waals surface area contributed by atoms with Gasteiger partial charge in [0.2, 0.25) is 0 Å². The number of hydrogen-bond donors (Lipinski definition) is 2. The molecule has 1 heterocycles. The second kappa shape index (κ2) is 8.15. The van der Waals surface area contributed by atoms with Gasteiger partial charge < -0.3 is 10.4 Å². The molecule has 2 atom stereocenters. The highest BCUT2D eigenvalue weighted by atomic mass is 16.4. The van der Waals surface area contributed by atoms with E-state index >= 15 is 0 Å². The van der Waals surface area contributed by atoms with Gasteiger partial charge in [-0.05, 0) is 56.1 Å². The number of rotatable bonds is 5. The number of carbonyl (C=O) groups is 2. The first-order valence-corrected chi connectivity index (χ1v) is 8.98. The van der Waals surface area contributed by atoms with Crippen LogP contribution >= 0.6 is 0 Å². The summed E-state index contributed by atoms with van der Waals surface area (Å²) in [6, 6.07) is 17.0. The Hall–Kier alpha value is -2.66. The standard InChI is InChI=1S/C21H24N2O3/c1-15(23-12-6-10-18(14-23)21(25)26)17-9-5-11-19(13-17)22-20(24)16-7-3-2-4-8-16/h2-5,7-9,11,13,15,18H,6,10,12,14H2,1H3,(H,22,24)(H,25,26). The van der Waals surface area contributed by atoms with Crippen LogP contribution in [0, 0.1) is 5.92 Å². The van der Waals surface area contributed by atoms with E-state index < -0.39 is 5.97 Å². The van der Waals surface area contributed by atoms with Crippen LogP contribution in [0.3, 0.4) is 0 Å². The van der Waals surface area contributed by atoms with Crippen LogP contribution in [0.15, 0.2) is 54.6 Å². The predicted molar refractivity (Wildman–Crippen MR) is 101 cm³/mol. The van der Waals surface area contributed by atoms with Crippen LogP contribution in [0.4, 0.5) is 5.69 Å². The second-order valence-electron chi connectivity index (χ2n) is 6.79. The molecular weight excluding hydrogens is 328 g/mol. The number of carboxylic acids is 1. The number of hydrogen-bond acceptors (Lipinski definition) is 3. The zero-order valence-corrected chi connectivity index (χ0v) is 14.9. The van der Waals surface area contributed by atoms with Gasteiger partial charge in [-0.2, -0.15) is 0 Å². The molecule has 136 valence electrons. The Bertz CT molecular complexity index is 776. The van der Waals surface area contributed by atoms with Gasteiger partial charge in [0.15, 0.2) is 0 Å². The monoisotopic (exact) mass is 352 g/mol. The first-order chi connectivity index (χ1) is 12.5. The number of aliphatic carboxylic acids is 1. The molecule has 2 unspecified atom stereocenters. The van der Waals surface area contributed by atoms with Gasteiger partial charge in [-0.1, -0.05) is 30.3 Å². The van der Waals surface area contributed by atoms with Crippen LogP contribution in [-0.4, -0.2) is 35.0 Å². The van der Waals surface area contributed by atoms with E-state index in [4.69, 9.17) is 0 Å². The minimum atomic E-state index is -0.717. The number of benzene rings is 2. The maximum atomic E-state index is 12.3. The third-order valence-corrected chi connectivity index (χ3v) is 5.01. The largest absolute Gasteiger partial charge is 0.481 e. The van der Waals surface area contributed by atoms with Crippen molar-refractivity contribution in [2.24, 2.45) is 5.92 Å². The fourth-order valence-corrected chi connectivity index (χ4v) is 3.44. The van der Waals surface area contributed by atoms with Crippen LogP contribution < -0.4 is 5.32 Å². The number of nitrogens with one attached hydrogen (secondary N) is 1. The predicted octanol–water partition coefficient (Wildman–Crippen LogP) is 3.80. The molecule has 5 heteroatoms. The van der Waals surface area contributed by atoms with Gasteiger partial charge in [0.05, 0.1) is 5.92 Å². The minimum absolute atomic E-state index is 0.103. The van der Waals surface area contributed by atoms with Crippen LogP contribution in [-0.2, 0) is 4.79 Å². The maximum Gasteiger partial charge on any atom is 0.307 e. The molecule has 0 bridgehead atoms. The van der Waals surface area contributed by atoms with Crippen molar-refractivity contribution in [2.75, 3.05) is 18.4 Å². The van der Waals surface area contributed by atoms with E-state index in [0.29, 0.717) is 12.1 Å². The van der Waals surface area contributed by atoms with Gasteiger partial charge >= 0.3 is 5.97 Å². The summed E-state index contributed by atoms with van der Waals surface area (Å²) in [5.41, 5.74) is 2.43. The van der Waals surface area contributed by atoms with Crippen molar-refractivity contribution in [1.29, 1.82) is 0 Å². The molecule has 1 aliphatic heterocycles. The van der Waals surface area contributed by atoms with Crippen molar-refractivity contribution in [3.05, 3.63) is 65.7 Å². The van der Waals surface area contributed by atoms with E-state index in [1.807, 2.05) is 42.5 Å². The normalized spacial score (nSPS) is 18.9. The summed E-state index contributed by atoms with van der Waals surface area (Å²) in [4.78, 5) is 25.8. The summed E-state index contributed by atoms with van der Waals surface area (Å²) in [5, 5.41) is 12.2. The number of nitrogens with zero attached hydrogens (tertiary/aromatic N) is 1. The number of carbonyl (C=O) groups excluding carboxylic acids is 1. The smallest absolute Gasteiger partial charge is 0.307 e. The quantitative estimate of drug-likeness (QED) is 0.859. The van der Waals surface area contributed by atoms with E-state index in [2.05, 4.69) is 17.1 Å². The molecular formula is C21H24N2O3. The summed E-state index contributed by atoms with van der Waals surface area (Å²) in [6.07, 6.45) is 1.64. The Morgan fingerprint density at radius 3 is 2.65 bits per heavy atom. The summed E-state index contributed by atoms with van der Waals surface area (Å²) >= 11 is 0. The van der Waals surface area contributed by atoms with Crippen molar-refractivity contribution in [1.82, 2.24) is 4.90 Å². The third kappa shape index (κ3) is 4.29. The van der Waals surface area contributed by atoms with Crippen LogP contribution in [0.5, 0.6) is 0 Å². The fraction of sp³-hybridized carbons (Fsp3) is 0.333. The molecule has 3 rings (SSSR count). The van der Waals surface area contributed by atoms with Crippen LogP contribution in [0.1, 0.15) is 41.7 Å². The number of piperidine rings is 1. The first-order valence-electron chi connectivity index (χ1n) is 8.98. The fourth-order valence-electron chi connectivity index (χ4n) is 3.44. The van der Waals surface area contributed by atoms with Crippen molar-refractivity contribution in [2.45, 2.75) is 25.8 Å². The van der Waals surface area contributed by atoms with Crippen molar-refractivity contribution in [3.8, 4) is 0 Å². The summed E-state index contributed by atoms with van der Waals surface area (Å²) < 4.78 is 0. The van der Waals surface area contributed by atoms with Gasteiger partial charge in [-0.15, -0.1) is 0 Å². The number of amides is 1. The Morgan fingerprint density at radius 2 is 1.92 bits per heavy atom. The van der Waals surface area contributed by atoms with Gasteiger partial charge in [-0.3, -0.25) is 14.5 Å². The van der Waals surface area contributed by atoms with E-state index in [1.165, 1.54) is 0 Å². The molecule has 2 aromatic carbocycles. The lowest BCUT2D eigenvalue weighted by Gasteiger charge is -2.35. The van der Waals surface area contributed by atoms with Gasteiger partial charge in [0, 0.05) is 23.8 Å². The molecule has 5 nitrogen and oxygen atoms in total. The van der Waals surface area contributed by atoms with Gasteiger partial charge in [0.25, 0.3) is 5.91 Å². The van der Waals surface area contributed by atoms with Crippen LogP contribution in [0.2, 0.25) is 0 Å². The Labute approximate surface area is 153 Å². The number of carboxylic acid groups (broad SMARTS) is 1. The molecule has 0 saturated carbocycles. The zero-order chi connectivity index (χ0) is 18.5. The SMILES string of the molecule is CC(c1cccc(NC(=O)c2ccccc2)c1)N1CCCC(C(=O)O)C1. The van der Waals surface area contributed by atoms with Gasteiger partial charge in [-0.25, -0.2) is 0 Å².